The van der Waals surface area contributed by atoms with E-state index in [9.17, 15) is 32.9 Å². The van der Waals surface area contributed by atoms with Crippen molar-refractivity contribution in [3.8, 4) is 6.07 Å². The molecule has 11 heteroatoms. The van der Waals surface area contributed by atoms with Gasteiger partial charge in [-0.15, -0.1) is 0 Å². The van der Waals surface area contributed by atoms with Gasteiger partial charge in [-0.2, -0.15) is 18.4 Å². The number of alkyl halides is 3. The van der Waals surface area contributed by atoms with Crippen molar-refractivity contribution in [2.45, 2.75) is 18.6 Å². The van der Waals surface area contributed by atoms with Crippen molar-refractivity contribution in [2.75, 3.05) is 0 Å². The maximum atomic E-state index is 13.6. The topological polar surface area (TPSA) is 125 Å². The first-order valence-electron chi connectivity index (χ1n) is 6.61. The van der Waals surface area contributed by atoms with Gasteiger partial charge in [0.15, 0.2) is 0 Å². The third-order valence-corrected chi connectivity index (χ3v) is 3.55. The largest absolute Gasteiger partial charge is 0.425 e. The molecule has 1 heterocycles. The van der Waals surface area contributed by atoms with E-state index in [4.69, 9.17) is 5.26 Å². The molecule has 0 spiro atoms. The molecule has 0 unspecified atom stereocenters. The summed E-state index contributed by atoms with van der Waals surface area (Å²) >= 11 is 0. The monoisotopic (exact) mass is 354 g/mol. The molecule has 0 aliphatic carbocycles. The molecule has 8 nitrogen and oxygen atoms in total. The van der Waals surface area contributed by atoms with Gasteiger partial charge in [-0.3, -0.25) is 19.7 Å². The molecule has 0 bridgehead atoms. The lowest BCUT2D eigenvalue weighted by Crippen LogP contribution is -2.64. The smallest absolute Gasteiger partial charge is 0.326 e. The van der Waals surface area contributed by atoms with Gasteiger partial charge in [-0.25, -0.2) is 0 Å². The minimum atomic E-state index is -5.31. The number of amides is 2. The van der Waals surface area contributed by atoms with E-state index in [1.807, 2.05) is 5.32 Å². The van der Waals surface area contributed by atoms with Crippen LogP contribution in [0.25, 0.3) is 0 Å². The van der Waals surface area contributed by atoms with Crippen molar-refractivity contribution in [3.05, 3.63) is 51.2 Å². The Hall–Kier alpha value is -3.42. The Kier molecular flexibility index (Phi) is 4.23. The molecule has 25 heavy (non-hydrogen) atoms. The maximum absolute atomic E-state index is 13.6. The Morgan fingerprint density at radius 2 is 2.08 bits per heavy atom. The predicted octanol–water partition coefficient (Wildman–Crippen LogP) is 1.55. The number of allylic oxidation sites excluding steroid dienone is 1. The Morgan fingerprint density at radius 3 is 2.60 bits per heavy atom. The van der Waals surface area contributed by atoms with E-state index in [0.29, 0.717) is 0 Å². The van der Waals surface area contributed by atoms with Crippen molar-refractivity contribution in [1.82, 2.24) is 10.6 Å². The molecule has 0 saturated carbocycles. The van der Waals surface area contributed by atoms with E-state index in [1.54, 1.807) is 0 Å². The number of non-ortho nitro benzene ring substituents is 1. The van der Waals surface area contributed by atoms with Crippen LogP contribution in [-0.2, 0) is 4.79 Å². The van der Waals surface area contributed by atoms with E-state index in [0.717, 1.165) is 31.2 Å². The molecule has 1 aliphatic rings. The van der Waals surface area contributed by atoms with Gasteiger partial charge in [0.2, 0.25) is 0 Å². The predicted molar refractivity (Wildman–Crippen MR) is 75.8 cm³/mol. The van der Waals surface area contributed by atoms with Crippen LogP contribution in [0.15, 0.2) is 35.5 Å². The Bertz CT molecular complexity index is 856. The lowest BCUT2D eigenvalue weighted by molar-refractivity contribution is -0.384. The Labute approximate surface area is 138 Å². The van der Waals surface area contributed by atoms with Crippen molar-refractivity contribution in [3.63, 3.8) is 0 Å². The third kappa shape index (κ3) is 2.78. The van der Waals surface area contributed by atoms with E-state index < -0.39 is 45.3 Å². The first-order chi connectivity index (χ1) is 11.5. The summed E-state index contributed by atoms with van der Waals surface area (Å²) in [4.78, 5) is 34.0. The van der Waals surface area contributed by atoms with Crippen LogP contribution in [0, 0.1) is 21.4 Å². The van der Waals surface area contributed by atoms with E-state index >= 15 is 0 Å². The van der Waals surface area contributed by atoms with Crippen molar-refractivity contribution >= 4 is 17.5 Å². The van der Waals surface area contributed by atoms with Gasteiger partial charge in [0.05, 0.1) is 16.6 Å². The van der Waals surface area contributed by atoms with Crippen LogP contribution in [-0.4, -0.2) is 28.5 Å². The molecule has 1 aromatic carbocycles. The molecule has 1 aromatic rings. The number of nitrogens with one attached hydrogen (secondary N) is 2. The summed E-state index contributed by atoms with van der Waals surface area (Å²) in [5.41, 5.74) is -5.88. The SMILES string of the molecule is CC1=C(C#N)[C@](NC(=O)c2cccc([N+](=O)[O-])c2)(C(F)(F)F)C(=O)N1. The number of rotatable bonds is 3. The summed E-state index contributed by atoms with van der Waals surface area (Å²) in [6.07, 6.45) is -5.31. The number of nitro benzene ring substituents is 1. The van der Waals surface area contributed by atoms with E-state index in [1.165, 1.54) is 11.4 Å². The maximum Gasteiger partial charge on any atom is 0.425 e. The number of hydrogen-bond donors (Lipinski definition) is 2. The summed E-state index contributed by atoms with van der Waals surface area (Å²) < 4.78 is 40.8. The molecule has 0 radical (unpaired) electrons. The van der Waals surface area contributed by atoms with Crippen LogP contribution >= 0.6 is 0 Å². The number of carbonyl (C=O) groups is 2. The van der Waals surface area contributed by atoms with Gasteiger partial charge in [-0.1, -0.05) is 6.07 Å². The molecule has 0 saturated heterocycles. The second kappa shape index (κ2) is 5.90. The van der Waals surface area contributed by atoms with Crippen LogP contribution in [0.2, 0.25) is 0 Å². The van der Waals surface area contributed by atoms with E-state index in [-0.39, 0.29) is 5.70 Å². The molecule has 2 N–H and O–H groups in total. The van der Waals surface area contributed by atoms with Crippen LogP contribution in [0.4, 0.5) is 18.9 Å². The number of benzene rings is 1. The molecular weight excluding hydrogens is 345 g/mol. The van der Waals surface area contributed by atoms with Crippen molar-refractivity contribution in [1.29, 1.82) is 5.26 Å². The average molecular weight is 354 g/mol. The molecular formula is C14H9F3N4O4. The van der Waals surface area contributed by atoms with E-state index in [2.05, 4.69) is 0 Å². The average Bonchev–Trinajstić information content (AvgIpc) is 2.77. The van der Waals surface area contributed by atoms with Gasteiger partial charge < -0.3 is 10.6 Å². The highest BCUT2D eigenvalue weighted by Gasteiger charge is 2.67. The number of nitriles is 1. The standard InChI is InChI=1S/C14H9F3N4O4/c1-7-10(6-18)13(12(23)19-7,14(15,16)17)20-11(22)8-3-2-4-9(5-8)21(24)25/h2-5H,1H3,(H,19,23)(H,20,22)/t13-/m1/s1. The highest BCUT2D eigenvalue weighted by molar-refractivity contribution is 6.04. The highest BCUT2D eigenvalue weighted by Crippen LogP contribution is 2.40. The number of hydrogen-bond acceptors (Lipinski definition) is 5. The minimum Gasteiger partial charge on any atom is -0.326 e. The summed E-state index contributed by atoms with van der Waals surface area (Å²) in [6.45, 7) is 1.09. The summed E-state index contributed by atoms with van der Waals surface area (Å²) in [5.74, 6) is -3.02. The lowest BCUT2D eigenvalue weighted by Gasteiger charge is -2.30. The normalized spacial score (nSPS) is 20.0. The van der Waals surface area contributed by atoms with Gasteiger partial charge >= 0.3 is 6.18 Å². The molecule has 1 aliphatic heterocycles. The van der Waals surface area contributed by atoms with Crippen LogP contribution in [0.1, 0.15) is 17.3 Å². The lowest BCUT2D eigenvalue weighted by atomic mass is 9.89. The summed E-state index contributed by atoms with van der Waals surface area (Å²) in [7, 11) is 0. The van der Waals surface area contributed by atoms with Crippen molar-refractivity contribution < 1.29 is 27.7 Å². The zero-order valence-electron chi connectivity index (χ0n) is 12.5. The zero-order chi connectivity index (χ0) is 19.0. The fourth-order valence-corrected chi connectivity index (χ4v) is 2.35. The van der Waals surface area contributed by atoms with Crippen LogP contribution in [0.5, 0.6) is 0 Å². The van der Waals surface area contributed by atoms with Crippen LogP contribution < -0.4 is 10.6 Å². The van der Waals surface area contributed by atoms with Gasteiger partial charge in [0.1, 0.15) is 0 Å². The van der Waals surface area contributed by atoms with Crippen molar-refractivity contribution in [2.24, 2.45) is 0 Å². The molecule has 0 fully saturated rings. The number of carbonyl (C=O) groups excluding carboxylic acids is 2. The first kappa shape index (κ1) is 17.9. The second-order valence-electron chi connectivity index (χ2n) is 5.08. The first-order valence-corrected chi connectivity index (χ1v) is 6.61. The highest BCUT2D eigenvalue weighted by atomic mass is 19.4. The second-order valence-corrected chi connectivity index (χ2v) is 5.08. The number of nitrogens with zero attached hydrogens (tertiary/aromatic N) is 2. The molecule has 2 rings (SSSR count). The molecule has 0 aromatic heterocycles. The van der Waals surface area contributed by atoms with Gasteiger partial charge in [0, 0.05) is 23.4 Å². The summed E-state index contributed by atoms with van der Waals surface area (Å²) in [6, 6.07) is 5.23. The van der Waals surface area contributed by atoms with Crippen LogP contribution in [0.3, 0.4) is 0 Å². The molecule has 2 amide bonds. The Balaban J connectivity index is 2.52. The van der Waals surface area contributed by atoms with Gasteiger partial charge in [0.25, 0.3) is 23.0 Å². The summed E-state index contributed by atoms with van der Waals surface area (Å²) in [5, 5.41) is 23.1. The third-order valence-electron chi connectivity index (χ3n) is 3.55. The fourth-order valence-electron chi connectivity index (χ4n) is 2.35. The molecule has 1 atom stereocenters. The minimum absolute atomic E-state index is 0.343. The van der Waals surface area contributed by atoms with Gasteiger partial charge in [-0.05, 0) is 13.0 Å². The quantitative estimate of drug-likeness (QED) is 0.629. The number of nitro groups is 1. The fraction of sp³-hybridized carbons (Fsp3) is 0.214. The Morgan fingerprint density at radius 1 is 1.44 bits per heavy atom. The zero-order valence-corrected chi connectivity index (χ0v) is 12.5. The molecule has 130 valence electrons. The number of halogens is 3.